The van der Waals surface area contributed by atoms with Crippen molar-refractivity contribution in [2.45, 2.75) is 0 Å². The number of hydrogen-bond donors (Lipinski definition) is 1. The van der Waals surface area contributed by atoms with Gasteiger partial charge in [0.2, 0.25) is 0 Å². The second kappa shape index (κ2) is 4.84. The van der Waals surface area contributed by atoms with Crippen LogP contribution in [-0.4, -0.2) is 4.92 Å². The zero-order valence-corrected chi connectivity index (χ0v) is 10.6. The molecule has 0 saturated carbocycles. The van der Waals surface area contributed by atoms with Gasteiger partial charge in [-0.15, -0.1) is 0 Å². The Hall–Kier alpha value is -1.78. The van der Waals surface area contributed by atoms with Gasteiger partial charge in [-0.3, -0.25) is 10.1 Å². The first-order chi connectivity index (χ1) is 8.49. The number of nitro benzene ring substituents is 1. The molecule has 0 atom stereocenters. The van der Waals surface area contributed by atoms with Gasteiger partial charge in [-0.05, 0) is 23.8 Å². The monoisotopic (exact) mass is 282 g/mol. The fourth-order valence-electron chi connectivity index (χ4n) is 1.57. The Bertz CT molecular complexity index is 629. The molecule has 0 aromatic heterocycles. The predicted molar refractivity (Wildman–Crippen MR) is 73.0 cm³/mol. The number of halogens is 2. The number of nitrogens with two attached hydrogens (primary N) is 1. The fourth-order valence-corrected chi connectivity index (χ4v) is 1.87. The highest BCUT2D eigenvalue weighted by molar-refractivity contribution is 6.42. The van der Waals surface area contributed by atoms with E-state index in [0.29, 0.717) is 26.9 Å². The third-order valence-corrected chi connectivity index (χ3v) is 3.22. The molecular formula is C12H8Cl2N2O2. The number of nitrogens with zero attached hydrogens (tertiary/aromatic N) is 1. The highest BCUT2D eigenvalue weighted by Crippen LogP contribution is 2.33. The number of rotatable bonds is 2. The van der Waals surface area contributed by atoms with Crippen molar-refractivity contribution in [2.75, 3.05) is 5.73 Å². The summed E-state index contributed by atoms with van der Waals surface area (Å²) in [6, 6.07) is 9.22. The second-order valence-corrected chi connectivity index (χ2v) is 4.47. The van der Waals surface area contributed by atoms with Crippen molar-refractivity contribution in [3.63, 3.8) is 0 Å². The van der Waals surface area contributed by atoms with E-state index in [4.69, 9.17) is 28.9 Å². The van der Waals surface area contributed by atoms with E-state index >= 15 is 0 Å². The molecule has 0 aliphatic heterocycles. The lowest BCUT2D eigenvalue weighted by molar-refractivity contribution is -0.384. The minimum Gasteiger partial charge on any atom is -0.398 e. The van der Waals surface area contributed by atoms with E-state index in [1.54, 1.807) is 18.2 Å². The molecule has 0 radical (unpaired) electrons. The molecule has 0 heterocycles. The molecule has 0 spiro atoms. The third-order valence-electron chi connectivity index (χ3n) is 2.48. The van der Waals surface area contributed by atoms with Crippen molar-refractivity contribution in [1.29, 1.82) is 0 Å². The summed E-state index contributed by atoms with van der Waals surface area (Å²) in [6.45, 7) is 0. The highest BCUT2D eigenvalue weighted by atomic mass is 35.5. The van der Waals surface area contributed by atoms with Crippen molar-refractivity contribution < 1.29 is 4.92 Å². The van der Waals surface area contributed by atoms with E-state index < -0.39 is 4.92 Å². The number of anilines is 1. The van der Waals surface area contributed by atoms with E-state index in [9.17, 15) is 10.1 Å². The zero-order chi connectivity index (χ0) is 13.3. The SMILES string of the molecule is Nc1ccc([N+](=O)[O-])cc1-c1ccc(Cl)c(Cl)c1. The molecule has 2 N–H and O–H groups in total. The smallest absolute Gasteiger partial charge is 0.270 e. The average Bonchev–Trinajstić information content (AvgIpc) is 2.33. The topological polar surface area (TPSA) is 69.2 Å². The maximum Gasteiger partial charge on any atom is 0.270 e. The standard InChI is InChI=1S/C12H8Cl2N2O2/c13-10-3-1-7(5-11(10)14)9-6-8(16(17)18)2-4-12(9)15/h1-6H,15H2. The van der Waals surface area contributed by atoms with E-state index in [1.165, 1.54) is 18.2 Å². The van der Waals surface area contributed by atoms with Gasteiger partial charge >= 0.3 is 0 Å². The summed E-state index contributed by atoms with van der Waals surface area (Å²) in [4.78, 5) is 10.3. The molecule has 0 unspecified atom stereocenters. The summed E-state index contributed by atoms with van der Waals surface area (Å²) in [6.07, 6.45) is 0. The lowest BCUT2D eigenvalue weighted by atomic mass is 10.0. The van der Waals surface area contributed by atoms with Crippen molar-refractivity contribution in [3.05, 3.63) is 56.6 Å². The van der Waals surface area contributed by atoms with Crippen LogP contribution < -0.4 is 5.73 Å². The minimum atomic E-state index is -0.472. The Morgan fingerprint density at radius 3 is 2.39 bits per heavy atom. The van der Waals surface area contributed by atoms with Gasteiger partial charge in [0, 0.05) is 23.4 Å². The molecule has 0 aliphatic carbocycles. The lowest BCUT2D eigenvalue weighted by Gasteiger charge is -2.07. The van der Waals surface area contributed by atoms with Gasteiger partial charge in [-0.2, -0.15) is 0 Å². The predicted octanol–water partition coefficient (Wildman–Crippen LogP) is 4.15. The van der Waals surface area contributed by atoms with Crippen LogP contribution in [-0.2, 0) is 0 Å². The first-order valence-electron chi connectivity index (χ1n) is 4.98. The van der Waals surface area contributed by atoms with Gasteiger partial charge in [0.15, 0.2) is 0 Å². The van der Waals surface area contributed by atoms with Gasteiger partial charge in [0.25, 0.3) is 5.69 Å². The molecule has 92 valence electrons. The van der Waals surface area contributed by atoms with Crippen molar-refractivity contribution in [1.82, 2.24) is 0 Å². The van der Waals surface area contributed by atoms with Crippen LogP contribution in [0.2, 0.25) is 10.0 Å². The van der Waals surface area contributed by atoms with E-state index in [1.807, 2.05) is 0 Å². The highest BCUT2D eigenvalue weighted by Gasteiger charge is 2.11. The second-order valence-electron chi connectivity index (χ2n) is 3.66. The molecule has 4 nitrogen and oxygen atoms in total. The van der Waals surface area contributed by atoms with E-state index in [0.717, 1.165) is 0 Å². The first kappa shape index (κ1) is 12.7. The first-order valence-corrected chi connectivity index (χ1v) is 5.74. The summed E-state index contributed by atoms with van der Waals surface area (Å²) in [5.74, 6) is 0. The van der Waals surface area contributed by atoms with E-state index in [-0.39, 0.29) is 5.69 Å². The van der Waals surface area contributed by atoms with Gasteiger partial charge in [-0.1, -0.05) is 29.3 Å². The number of benzene rings is 2. The largest absolute Gasteiger partial charge is 0.398 e. The van der Waals surface area contributed by atoms with E-state index in [2.05, 4.69) is 0 Å². The summed E-state index contributed by atoms with van der Waals surface area (Å²) in [5.41, 5.74) is 7.48. The van der Waals surface area contributed by atoms with Crippen molar-refractivity contribution in [2.24, 2.45) is 0 Å². The Morgan fingerprint density at radius 2 is 1.78 bits per heavy atom. The molecule has 18 heavy (non-hydrogen) atoms. The summed E-state index contributed by atoms with van der Waals surface area (Å²) < 4.78 is 0. The van der Waals surface area contributed by atoms with Crippen LogP contribution in [0, 0.1) is 10.1 Å². The number of nitrogen functional groups attached to an aromatic ring is 1. The Labute approximate surface area is 113 Å². The van der Waals surface area contributed by atoms with Crippen LogP contribution in [0.15, 0.2) is 36.4 Å². The molecule has 2 aromatic rings. The van der Waals surface area contributed by atoms with Crippen LogP contribution >= 0.6 is 23.2 Å². The molecular weight excluding hydrogens is 275 g/mol. The van der Waals surface area contributed by atoms with Gasteiger partial charge in [-0.25, -0.2) is 0 Å². The van der Waals surface area contributed by atoms with Crippen molar-refractivity contribution >= 4 is 34.6 Å². The fraction of sp³-hybridized carbons (Fsp3) is 0. The van der Waals surface area contributed by atoms with Crippen LogP contribution in [0.25, 0.3) is 11.1 Å². The van der Waals surface area contributed by atoms with Crippen LogP contribution in [0.4, 0.5) is 11.4 Å². The maximum absolute atomic E-state index is 10.7. The Kier molecular flexibility index (Phi) is 3.41. The lowest BCUT2D eigenvalue weighted by Crippen LogP contribution is -1.93. The molecule has 0 amide bonds. The number of hydrogen-bond acceptors (Lipinski definition) is 3. The summed E-state index contributed by atoms with van der Waals surface area (Å²) >= 11 is 11.7. The van der Waals surface area contributed by atoms with Crippen molar-refractivity contribution in [3.8, 4) is 11.1 Å². The molecule has 0 aliphatic rings. The summed E-state index contributed by atoms with van der Waals surface area (Å²) in [5, 5.41) is 11.5. The molecule has 6 heteroatoms. The van der Waals surface area contributed by atoms with Crippen LogP contribution in [0.3, 0.4) is 0 Å². The normalized spacial score (nSPS) is 10.3. The van der Waals surface area contributed by atoms with Crippen LogP contribution in [0.5, 0.6) is 0 Å². The Balaban J connectivity index is 2.58. The van der Waals surface area contributed by atoms with Gasteiger partial charge < -0.3 is 5.73 Å². The minimum absolute atomic E-state index is 0.0229. The molecule has 2 rings (SSSR count). The van der Waals surface area contributed by atoms with Crippen LogP contribution in [0.1, 0.15) is 0 Å². The number of non-ortho nitro benzene ring substituents is 1. The zero-order valence-electron chi connectivity index (χ0n) is 9.06. The van der Waals surface area contributed by atoms with Gasteiger partial charge in [0.1, 0.15) is 0 Å². The third kappa shape index (κ3) is 2.39. The molecule has 0 saturated heterocycles. The molecule has 0 bridgehead atoms. The molecule has 2 aromatic carbocycles. The number of nitro groups is 1. The van der Waals surface area contributed by atoms with Gasteiger partial charge in [0.05, 0.1) is 15.0 Å². The summed E-state index contributed by atoms with van der Waals surface area (Å²) in [7, 11) is 0. The quantitative estimate of drug-likeness (QED) is 0.511. The average molecular weight is 283 g/mol. The maximum atomic E-state index is 10.7. The molecule has 0 fully saturated rings. The Morgan fingerprint density at radius 1 is 1.06 bits per heavy atom.